The van der Waals surface area contributed by atoms with Crippen LogP contribution in [0, 0.1) is 25.6 Å². The molecule has 1 aromatic heterocycles. The third kappa shape index (κ3) is 5.10. The highest BCUT2D eigenvalue weighted by molar-refractivity contribution is 7.89. The molecule has 4 rings (SSSR count). The van der Waals surface area contributed by atoms with Crippen LogP contribution < -0.4 is 5.32 Å². The molecule has 7 nitrogen and oxygen atoms in total. The van der Waals surface area contributed by atoms with Crippen LogP contribution in [0.5, 0.6) is 0 Å². The summed E-state index contributed by atoms with van der Waals surface area (Å²) in [7, 11) is -3.97. The van der Waals surface area contributed by atoms with Gasteiger partial charge in [0.15, 0.2) is 10.7 Å². The van der Waals surface area contributed by atoms with Gasteiger partial charge in [0.2, 0.25) is 15.9 Å². The van der Waals surface area contributed by atoms with E-state index in [1.807, 2.05) is 31.2 Å². The minimum absolute atomic E-state index is 0.00560. The normalized spacial score (nSPS) is 17.2. The van der Waals surface area contributed by atoms with Crippen LogP contribution in [0.3, 0.4) is 0 Å². The van der Waals surface area contributed by atoms with Gasteiger partial charge in [-0.3, -0.25) is 4.79 Å². The Morgan fingerprint density at radius 2 is 1.88 bits per heavy atom. The van der Waals surface area contributed by atoms with E-state index < -0.39 is 27.7 Å². The van der Waals surface area contributed by atoms with E-state index in [0.29, 0.717) is 12.8 Å². The third-order valence-corrected chi connectivity index (χ3v) is 7.85. The maximum Gasteiger partial charge on any atom is 0.248 e. The number of sulfonamides is 1. The van der Waals surface area contributed by atoms with Crippen molar-refractivity contribution in [3.63, 3.8) is 0 Å². The second-order valence-corrected chi connectivity index (χ2v) is 10.3. The number of halogens is 1. The molecular weight excluding hydrogens is 457 g/mol. The molecule has 1 fully saturated rings. The van der Waals surface area contributed by atoms with Gasteiger partial charge < -0.3 is 9.84 Å². The standard InChI is InChI=1S/C25H26FN3O4S/c1-17-9-11-19(12-10-17)13-14-23-24(18(2)28-33-23)34(31,32)29-15-5-6-20(16-29)25(30)27-22-8-4-3-7-21(22)26/h3-4,7-14,20H,5-6,15-16H2,1-2H3,(H,27,30). The number of nitrogens with zero attached hydrogens (tertiary/aromatic N) is 2. The minimum atomic E-state index is -3.97. The Kier molecular flexibility index (Phi) is 6.95. The van der Waals surface area contributed by atoms with Gasteiger partial charge in [0, 0.05) is 13.1 Å². The molecule has 0 bridgehead atoms. The monoisotopic (exact) mass is 483 g/mol. The topological polar surface area (TPSA) is 92.5 Å². The highest BCUT2D eigenvalue weighted by atomic mass is 32.2. The zero-order chi connectivity index (χ0) is 24.3. The molecule has 1 saturated heterocycles. The summed E-state index contributed by atoms with van der Waals surface area (Å²) in [5.41, 5.74) is 2.34. The van der Waals surface area contributed by atoms with E-state index in [1.165, 1.54) is 22.5 Å². The largest absolute Gasteiger partial charge is 0.355 e. The lowest BCUT2D eigenvalue weighted by atomic mass is 9.98. The van der Waals surface area contributed by atoms with Gasteiger partial charge >= 0.3 is 0 Å². The Balaban J connectivity index is 1.54. The van der Waals surface area contributed by atoms with Gasteiger partial charge in [-0.2, -0.15) is 4.31 Å². The number of amides is 1. The first-order valence-corrected chi connectivity index (χ1v) is 12.5. The maximum absolute atomic E-state index is 13.9. The number of aryl methyl sites for hydroxylation is 2. The number of hydrogen-bond donors (Lipinski definition) is 1. The van der Waals surface area contributed by atoms with Gasteiger partial charge in [0.05, 0.1) is 11.6 Å². The first kappa shape index (κ1) is 23.8. The Bertz CT molecular complexity index is 1320. The van der Waals surface area contributed by atoms with E-state index in [9.17, 15) is 17.6 Å². The summed E-state index contributed by atoms with van der Waals surface area (Å²) in [4.78, 5) is 12.7. The molecule has 1 N–H and O–H groups in total. The lowest BCUT2D eigenvalue weighted by Gasteiger charge is -2.31. The molecule has 1 aliphatic rings. The summed E-state index contributed by atoms with van der Waals surface area (Å²) >= 11 is 0. The van der Waals surface area contributed by atoms with Gasteiger partial charge in [-0.05, 0) is 50.5 Å². The van der Waals surface area contributed by atoms with E-state index in [2.05, 4.69) is 10.5 Å². The summed E-state index contributed by atoms with van der Waals surface area (Å²) in [6, 6.07) is 13.7. The second kappa shape index (κ2) is 9.90. The van der Waals surface area contributed by atoms with Crippen LogP contribution in [0.1, 0.15) is 35.4 Å². The van der Waals surface area contributed by atoms with Crippen LogP contribution in [0.25, 0.3) is 12.2 Å². The van der Waals surface area contributed by atoms with E-state index >= 15 is 0 Å². The molecule has 34 heavy (non-hydrogen) atoms. The molecule has 0 saturated carbocycles. The predicted molar refractivity (Wildman–Crippen MR) is 128 cm³/mol. The second-order valence-electron chi connectivity index (χ2n) is 8.38. The van der Waals surface area contributed by atoms with Crippen LogP contribution in [-0.2, 0) is 14.8 Å². The number of rotatable bonds is 6. The Hall–Kier alpha value is -3.30. The van der Waals surface area contributed by atoms with Crippen molar-refractivity contribution < 1.29 is 22.1 Å². The highest BCUT2D eigenvalue weighted by Gasteiger charge is 2.37. The number of hydrogen-bond acceptors (Lipinski definition) is 5. The molecule has 1 aliphatic heterocycles. The van der Waals surface area contributed by atoms with Crippen molar-refractivity contribution in [2.45, 2.75) is 31.6 Å². The van der Waals surface area contributed by atoms with Crippen molar-refractivity contribution in [1.82, 2.24) is 9.46 Å². The van der Waals surface area contributed by atoms with E-state index in [-0.39, 0.29) is 35.1 Å². The predicted octanol–water partition coefficient (Wildman–Crippen LogP) is 4.64. The molecule has 0 spiro atoms. The van der Waals surface area contributed by atoms with Crippen LogP contribution >= 0.6 is 0 Å². The zero-order valence-electron chi connectivity index (χ0n) is 19.0. The third-order valence-electron chi connectivity index (χ3n) is 5.82. The number of piperidine rings is 1. The van der Waals surface area contributed by atoms with Gasteiger partial charge in [-0.15, -0.1) is 0 Å². The molecule has 2 heterocycles. The Morgan fingerprint density at radius 3 is 2.62 bits per heavy atom. The summed E-state index contributed by atoms with van der Waals surface area (Å²) < 4.78 is 47.6. The van der Waals surface area contributed by atoms with Crippen LogP contribution in [0.2, 0.25) is 0 Å². The average molecular weight is 484 g/mol. The average Bonchev–Trinajstić information content (AvgIpc) is 3.21. The van der Waals surface area contributed by atoms with E-state index in [0.717, 1.165) is 11.1 Å². The molecular formula is C25H26FN3O4S. The van der Waals surface area contributed by atoms with Crippen molar-refractivity contribution >= 4 is 33.8 Å². The van der Waals surface area contributed by atoms with Gasteiger partial charge in [-0.1, -0.05) is 53.2 Å². The number of aromatic nitrogens is 1. The lowest BCUT2D eigenvalue weighted by molar-refractivity contribution is -0.120. The number of anilines is 1. The van der Waals surface area contributed by atoms with Crippen molar-refractivity contribution in [2.24, 2.45) is 5.92 Å². The van der Waals surface area contributed by atoms with E-state index in [4.69, 9.17) is 4.52 Å². The van der Waals surface area contributed by atoms with E-state index in [1.54, 1.807) is 25.1 Å². The van der Waals surface area contributed by atoms with Gasteiger partial charge in [0.1, 0.15) is 11.5 Å². The highest BCUT2D eigenvalue weighted by Crippen LogP contribution is 2.30. The number of carbonyl (C=O) groups is 1. The SMILES string of the molecule is Cc1ccc(C=Cc2onc(C)c2S(=O)(=O)N2CCCC(C(=O)Nc3ccccc3F)C2)cc1. The fraction of sp³-hybridized carbons (Fsp3) is 0.280. The molecule has 3 aromatic rings. The number of carbonyl (C=O) groups excluding carboxylic acids is 1. The van der Waals surface area contributed by atoms with Gasteiger partial charge in [-0.25, -0.2) is 12.8 Å². The molecule has 0 aliphatic carbocycles. The van der Waals surface area contributed by atoms with Crippen LogP contribution in [0.15, 0.2) is 57.9 Å². The van der Waals surface area contributed by atoms with Crippen molar-refractivity contribution in [3.05, 3.63) is 76.9 Å². The quantitative estimate of drug-likeness (QED) is 0.551. The Morgan fingerprint density at radius 1 is 1.15 bits per heavy atom. The Labute approximate surface area is 198 Å². The molecule has 1 unspecified atom stereocenters. The molecule has 0 radical (unpaired) electrons. The number of benzene rings is 2. The molecule has 178 valence electrons. The van der Waals surface area contributed by atoms with Crippen LogP contribution in [0.4, 0.5) is 10.1 Å². The fourth-order valence-electron chi connectivity index (χ4n) is 3.95. The first-order chi connectivity index (χ1) is 16.3. The van der Waals surface area contributed by atoms with Crippen molar-refractivity contribution in [3.8, 4) is 0 Å². The van der Waals surface area contributed by atoms with Crippen molar-refractivity contribution in [1.29, 1.82) is 0 Å². The summed E-state index contributed by atoms with van der Waals surface area (Å²) in [6.45, 7) is 3.83. The summed E-state index contributed by atoms with van der Waals surface area (Å²) in [5, 5.41) is 6.45. The lowest BCUT2D eigenvalue weighted by Crippen LogP contribution is -2.44. The molecule has 9 heteroatoms. The smallest absolute Gasteiger partial charge is 0.248 e. The fourth-order valence-corrected chi connectivity index (χ4v) is 5.72. The first-order valence-electron chi connectivity index (χ1n) is 11.0. The number of para-hydroxylation sites is 1. The molecule has 1 atom stereocenters. The number of nitrogens with one attached hydrogen (secondary N) is 1. The zero-order valence-corrected chi connectivity index (χ0v) is 19.8. The summed E-state index contributed by atoms with van der Waals surface area (Å²) in [6.07, 6.45) is 4.37. The van der Waals surface area contributed by atoms with Crippen LogP contribution in [-0.4, -0.2) is 36.9 Å². The summed E-state index contributed by atoms with van der Waals surface area (Å²) in [5.74, 6) is -1.42. The molecule has 2 aromatic carbocycles. The maximum atomic E-state index is 13.9. The van der Waals surface area contributed by atoms with Gasteiger partial charge in [0.25, 0.3) is 0 Å². The van der Waals surface area contributed by atoms with Crippen molar-refractivity contribution in [2.75, 3.05) is 18.4 Å². The molecule has 1 amide bonds. The minimum Gasteiger partial charge on any atom is -0.355 e.